The molecule has 0 radical (unpaired) electrons. The number of hydrogen-bond acceptors (Lipinski definition) is 2. The van der Waals surface area contributed by atoms with Crippen LogP contribution in [0, 0.1) is 0 Å². The molecule has 1 atom stereocenters. The van der Waals surface area contributed by atoms with Gasteiger partial charge in [-0.2, -0.15) is 0 Å². The van der Waals surface area contributed by atoms with Crippen LogP contribution in [-0.4, -0.2) is 21.8 Å². The van der Waals surface area contributed by atoms with E-state index >= 15 is 0 Å². The third kappa shape index (κ3) is 1.43. The molecule has 1 aromatic heterocycles. The molecule has 0 aliphatic carbocycles. The van der Waals surface area contributed by atoms with Crippen molar-refractivity contribution in [3.05, 3.63) is 30.6 Å². The normalized spacial score (nSPS) is 24.6. The van der Waals surface area contributed by atoms with Crippen molar-refractivity contribution in [2.45, 2.75) is 31.9 Å². The van der Waals surface area contributed by atoms with E-state index in [9.17, 15) is 0 Å². The lowest BCUT2D eigenvalue weighted by molar-refractivity contribution is -0.157. The van der Waals surface area contributed by atoms with Crippen LogP contribution in [-0.2, 0) is 11.3 Å². The van der Waals surface area contributed by atoms with E-state index in [1.165, 1.54) is 5.52 Å². The summed E-state index contributed by atoms with van der Waals surface area (Å²) < 4.78 is 7.95. The van der Waals surface area contributed by atoms with E-state index in [2.05, 4.69) is 28.6 Å². The molecule has 1 aromatic carbocycles. The first-order chi connectivity index (χ1) is 7.83. The maximum Gasteiger partial charge on any atom is 0.0959 e. The summed E-state index contributed by atoms with van der Waals surface area (Å²) in [5, 5.41) is 0. The summed E-state index contributed by atoms with van der Waals surface area (Å²) in [6, 6.07) is 8.24. The van der Waals surface area contributed by atoms with Crippen LogP contribution < -0.4 is 0 Å². The van der Waals surface area contributed by atoms with Crippen molar-refractivity contribution in [2.24, 2.45) is 0 Å². The Morgan fingerprint density at radius 3 is 2.94 bits per heavy atom. The highest BCUT2D eigenvalue weighted by molar-refractivity contribution is 5.74. The predicted molar refractivity (Wildman–Crippen MR) is 63.3 cm³/mol. The molecular formula is C13H16N2O. The fourth-order valence-electron chi connectivity index (χ4n) is 2.35. The molecule has 0 bridgehead atoms. The number of rotatable bonds is 3. The lowest BCUT2D eigenvalue weighted by atomic mass is 9.91. The molecule has 2 aromatic rings. The van der Waals surface area contributed by atoms with Crippen molar-refractivity contribution in [3.8, 4) is 0 Å². The van der Waals surface area contributed by atoms with E-state index in [-0.39, 0.29) is 5.60 Å². The average Bonchev–Trinajstić information content (AvgIpc) is 2.67. The van der Waals surface area contributed by atoms with E-state index in [0.29, 0.717) is 0 Å². The van der Waals surface area contributed by atoms with E-state index in [0.717, 1.165) is 31.5 Å². The molecule has 2 heterocycles. The number of nitrogens with zero attached hydrogens (tertiary/aromatic N) is 2. The van der Waals surface area contributed by atoms with Crippen LogP contribution in [0.4, 0.5) is 0 Å². The second-order valence-corrected chi connectivity index (χ2v) is 4.50. The van der Waals surface area contributed by atoms with Crippen molar-refractivity contribution in [1.82, 2.24) is 9.55 Å². The summed E-state index contributed by atoms with van der Waals surface area (Å²) in [4.78, 5) is 4.40. The molecule has 1 saturated heterocycles. The summed E-state index contributed by atoms with van der Waals surface area (Å²) in [5.41, 5.74) is 2.32. The van der Waals surface area contributed by atoms with Crippen LogP contribution in [0.25, 0.3) is 11.0 Å². The van der Waals surface area contributed by atoms with Crippen molar-refractivity contribution in [3.63, 3.8) is 0 Å². The van der Waals surface area contributed by atoms with Gasteiger partial charge in [0.15, 0.2) is 0 Å². The third-order valence-electron chi connectivity index (χ3n) is 3.60. The molecular weight excluding hydrogens is 200 g/mol. The van der Waals surface area contributed by atoms with Crippen molar-refractivity contribution in [1.29, 1.82) is 0 Å². The molecule has 3 rings (SSSR count). The van der Waals surface area contributed by atoms with E-state index < -0.39 is 0 Å². The van der Waals surface area contributed by atoms with Crippen molar-refractivity contribution >= 4 is 11.0 Å². The Kier molecular flexibility index (Phi) is 2.21. The van der Waals surface area contributed by atoms with E-state index in [1.807, 2.05) is 18.5 Å². The Morgan fingerprint density at radius 2 is 2.25 bits per heavy atom. The lowest BCUT2D eigenvalue weighted by Gasteiger charge is -2.41. The first-order valence-electron chi connectivity index (χ1n) is 5.87. The molecule has 0 N–H and O–H groups in total. The van der Waals surface area contributed by atoms with Gasteiger partial charge in [0.25, 0.3) is 0 Å². The lowest BCUT2D eigenvalue weighted by Crippen LogP contribution is -2.46. The minimum Gasteiger partial charge on any atom is -0.373 e. The Morgan fingerprint density at radius 1 is 1.44 bits per heavy atom. The topological polar surface area (TPSA) is 27.1 Å². The van der Waals surface area contributed by atoms with Gasteiger partial charge in [-0.3, -0.25) is 0 Å². The zero-order chi connectivity index (χ0) is 11.0. The fraction of sp³-hybridized carbons (Fsp3) is 0.462. The zero-order valence-corrected chi connectivity index (χ0v) is 9.52. The van der Waals surface area contributed by atoms with Gasteiger partial charge in [-0.05, 0) is 18.6 Å². The van der Waals surface area contributed by atoms with Gasteiger partial charge < -0.3 is 9.30 Å². The molecule has 84 valence electrons. The van der Waals surface area contributed by atoms with Gasteiger partial charge in [0.1, 0.15) is 0 Å². The predicted octanol–water partition coefficient (Wildman–Crippen LogP) is 2.61. The number of imidazole rings is 1. The van der Waals surface area contributed by atoms with Crippen molar-refractivity contribution < 1.29 is 4.74 Å². The van der Waals surface area contributed by atoms with Gasteiger partial charge in [0, 0.05) is 6.42 Å². The molecule has 3 nitrogen and oxygen atoms in total. The second kappa shape index (κ2) is 3.59. The van der Waals surface area contributed by atoms with Crippen LogP contribution in [0.3, 0.4) is 0 Å². The van der Waals surface area contributed by atoms with Crippen LogP contribution in [0.2, 0.25) is 0 Å². The number of ether oxygens (including phenoxy) is 1. The standard InChI is InChI=1S/C13H16N2O/c1-2-13(7-8-16-13)9-15-10-14-11-5-3-4-6-12(11)15/h3-6,10H,2,7-9H2,1H3. The molecule has 1 fully saturated rings. The minimum atomic E-state index is 0.0590. The number of fused-ring (bicyclic) bond motifs is 1. The number of benzene rings is 1. The molecule has 0 amide bonds. The van der Waals surface area contributed by atoms with Gasteiger partial charge in [-0.15, -0.1) is 0 Å². The van der Waals surface area contributed by atoms with Gasteiger partial charge in [-0.1, -0.05) is 19.1 Å². The Bertz CT molecular complexity index is 494. The number of para-hydroxylation sites is 2. The van der Waals surface area contributed by atoms with Gasteiger partial charge in [0.05, 0.1) is 36.1 Å². The maximum absolute atomic E-state index is 5.74. The highest BCUT2D eigenvalue weighted by Gasteiger charge is 2.37. The fourth-order valence-corrected chi connectivity index (χ4v) is 2.35. The number of aromatic nitrogens is 2. The first kappa shape index (κ1) is 9.85. The van der Waals surface area contributed by atoms with Crippen LogP contribution in [0.15, 0.2) is 30.6 Å². The number of hydrogen-bond donors (Lipinski definition) is 0. The smallest absolute Gasteiger partial charge is 0.0959 e. The second-order valence-electron chi connectivity index (χ2n) is 4.50. The maximum atomic E-state index is 5.74. The van der Waals surface area contributed by atoms with Gasteiger partial charge in [-0.25, -0.2) is 4.98 Å². The monoisotopic (exact) mass is 216 g/mol. The van der Waals surface area contributed by atoms with Crippen LogP contribution >= 0.6 is 0 Å². The summed E-state index contributed by atoms with van der Waals surface area (Å²) in [6.07, 6.45) is 4.15. The molecule has 1 aliphatic heterocycles. The SMILES string of the molecule is CCC1(Cn2cnc3ccccc32)CCO1. The highest BCUT2D eigenvalue weighted by Crippen LogP contribution is 2.32. The summed E-state index contributed by atoms with van der Waals surface area (Å²) >= 11 is 0. The summed E-state index contributed by atoms with van der Waals surface area (Å²) in [7, 11) is 0. The minimum absolute atomic E-state index is 0.0590. The Hall–Kier alpha value is -1.35. The molecule has 0 spiro atoms. The first-order valence-corrected chi connectivity index (χ1v) is 5.87. The van der Waals surface area contributed by atoms with Crippen LogP contribution in [0.5, 0.6) is 0 Å². The third-order valence-corrected chi connectivity index (χ3v) is 3.60. The molecule has 0 saturated carbocycles. The molecule has 3 heteroatoms. The van der Waals surface area contributed by atoms with Gasteiger partial charge in [0.2, 0.25) is 0 Å². The molecule has 16 heavy (non-hydrogen) atoms. The molecule has 1 aliphatic rings. The quantitative estimate of drug-likeness (QED) is 0.788. The average molecular weight is 216 g/mol. The van der Waals surface area contributed by atoms with E-state index in [4.69, 9.17) is 4.74 Å². The highest BCUT2D eigenvalue weighted by atomic mass is 16.5. The summed E-state index contributed by atoms with van der Waals surface area (Å²) in [6.45, 7) is 4.02. The Balaban J connectivity index is 1.94. The largest absolute Gasteiger partial charge is 0.373 e. The Labute approximate surface area is 95.0 Å². The molecule has 1 unspecified atom stereocenters. The van der Waals surface area contributed by atoms with E-state index in [1.54, 1.807) is 0 Å². The zero-order valence-electron chi connectivity index (χ0n) is 9.52. The summed E-state index contributed by atoms with van der Waals surface area (Å²) in [5.74, 6) is 0. The van der Waals surface area contributed by atoms with Crippen LogP contribution in [0.1, 0.15) is 19.8 Å². The van der Waals surface area contributed by atoms with Gasteiger partial charge >= 0.3 is 0 Å². The van der Waals surface area contributed by atoms with Crippen molar-refractivity contribution in [2.75, 3.05) is 6.61 Å².